The van der Waals surface area contributed by atoms with E-state index in [1.807, 2.05) is 6.07 Å². The highest BCUT2D eigenvalue weighted by atomic mass is 16.5. The van der Waals surface area contributed by atoms with E-state index in [0.717, 1.165) is 4.68 Å². The number of hydrogen-bond acceptors (Lipinski definition) is 6. The Morgan fingerprint density at radius 2 is 1.90 bits per heavy atom. The number of ether oxygens (including phenoxy) is 1. The van der Waals surface area contributed by atoms with Crippen LogP contribution in [0.15, 0.2) is 47.3 Å². The summed E-state index contributed by atoms with van der Waals surface area (Å²) in [6.45, 7) is 2.73. The predicted octanol–water partition coefficient (Wildman–Crippen LogP) is 1.11. The largest absolute Gasteiger partial charge is 0.466 e. The lowest BCUT2D eigenvalue weighted by atomic mass is 9.98. The molecule has 9 nitrogen and oxygen atoms in total. The van der Waals surface area contributed by atoms with Crippen molar-refractivity contribution < 1.29 is 19.1 Å². The number of amides is 2. The van der Waals surface area contributed by atoms with Crippen LogP contribution < -0.4 is 5.56 Å². The van der Waals surface area contributed by atoms with Gasteiger partial charge in [-0.2, -0.15) is 9.78 Å². The molecule has 2 heterocycles. The Hall–Kier alpha value is -3.49. The van der Waals surface area contributed by atoms with Crippen molar-refractivity contribution in [3.63, 3.8) is 0 Å². The lowest BCUT2D eigenvalue weighted by Gasteiger charge is -2.32. The second-order valence-corrected chi connectivity index (χ2v) is 7.40. The highest BCUT2D eigenvalue weighted by Gasteiger charge is 2.30. The van der Waals surface area contributed by atoms with Crippen LogP contribution in [-0.2, 0) is 14.3 Å². The molecular weight excluding hydrogens is 400 g/mol. The van der Waals surface area contributed by atoms with Crippen molar-refractivity contribution in [1.82, 2.24) is 19.6 Å². The van der Waals surface area contributed by atoms with Crippen LogP contribution in [0.5, 0.6) is 0 Å². The van der Waals surface area contributed by atoms with Gasteiger partial charge in [0, 0.05) is 26.2 Å². The molecule has 1 aliphatic heterocycles. The molecule has 0 aliphatic carbocycles. The summed E-state index contributed by atoms with van der Waals surface area (Å²) < 4.78 is 6.22. The fourth-order valence-corrected chi connectivity index (χ4v) is 3.51. The first-order valence-electron chi connectivity index (χ1n) is 10.3. The normalized spacial score (nSPS) is 15.9. The molecule has 1 unspecified atom stereocenters. The topological polar surface area (TPSA) is 102 Å². The molecule has 0 spiro atoms. The fraction of sp³-hybridized carbons (Fsp3) is 0.409. The smallest absolute Gasteiger partial charge is 0.310 e. The number of carbonyl (C=O) groups excluding carboxylic acids is 3. The van der Waals surface area contributed by atoms with Gasteiger partial charge in [-0.15, -0.1) is 0 Å². The van der Waals surface area contributed by atoms with Gasteiger partial charge in [0.2, 0.25) is 5.91 Å². The first-order chi connectivity index (χ1) is 14.9. The number of aromatic nitrogens is 2. The molecule has 0 radical (unpaired) electrons. The monoisotopic (exact) mass is 426 g/mol. The second kappa shape index (κ2) is 10.0. The molecule has 3 rings (SSSR count). The average molecular weight is 426 g/mol. The van der Waals surface area contributed by atoms with Crippen LogP contribution >= 0.6 is 0 Å². The van der Waals surface area contributed by atoms with Gasteiger partial charge in [0.25, 0.3) is 11.5 Å². The van der Waals surface area contributed by atoms with Crippen LogP contribution in [0.3, 0.4) is 0 Å². The molecule has 2 aromatic rings. The maximum Gasteiger partial charge on any atom is 0.310 e. The number of para-hydroxylation sites is 1. The first-order valence-corrected chi connectivity index (χ1v) is 10.3. The lowest BCUT2D eigenvalue weighted by molar-refractivity contribution is -0.151. The van der Waals surface area contributed by atoms with Crippen LogP contribution in [0, 0.1) is 5.92 Å². The number of likely N-dealkylation sites (N-methyl/N-ethyl adjacent to an activating group) is 1. The summed E-state index contributed by atoms with van der Waals surface area (Å²) in [5, 5.41) is 4.17. The van der Waals surface area contributed by atoms with Gasteiger partial charge in [-0.3, -0.25) is 19.2 Å². The van der Waals surface area contributed by atoms with Crippen LogP contribution in [0.4, 0.5) is 0 Å². The summed E-state index contributed by atoms with van der Waals surface area (Å²) in [6, 6.07) is 11.4. The maximum absolute atomic E-state index is 12.8. The van der Waals surface area contributed by atoms with Crippen molar-refractivity contribution in [2.45, 2.75) is 19.8 Å². The van der Waals surface area contributed by atoms with Crippen LogP contribution in [-0.4, -0.2) is 70.7 Å². The Bertz CT molecular complexity index is 1000. The van der Waals surface area contributed by atoms with Crippen LogP contribution in [0.2, 0.25) is 0 Å². The summed E-state index contributed by atoms with van der Waals surface area (Å²) in [5.41, 5.74) is 0.237. The molecule has 1 fully saturated rings. The van der Waals surface area contributed by atoms with Gasteiger partial charge in [0.1, 0.15) is 5.69 Å². The summed E-state index contributed by atoms with van der Waals surface area (Å²) in [5.74, 6) is -1.36. The fourth-order valence-electron chi connectivity index (χ4n) is 3.51. The number of piperidine rings is 1. The summed E-state index contributed by atoms with van der Waals surface area (Å²) in [6.07, 6.45) is 1.39. The van der Waals surface area contributed by atoms with Crippen molar-refractivity contribution in [2.24, 2.45) is 5.92 Å². The van der Waals surface area contributed by atoms with E-state index >= 15 is 0 Å². The average Bonchev–Trinajstić information content (AvgIpc) is 2.79. The van der Waals surface area contributed by atoms with E-state index in [2.05, 4.69) is 5.10 Å². The molecule has 31 heavy (non-hydrogen) atoms. The minimum absolute atomic E-state index is 0.0572. The number of esters is 1. The zero-order chi connectivity index (χ0) is 22.4. The molecule has 0 N–H and O–H groups in total. The summed E-state index contributed by atoms with van der Waals surface area (Å²) in [7, 11) is 1.51. The van der Waals surface area contributed by atoms with Crippen molar-refractivity contribution in [2.75, 3.05) is 33.3 Å². The highest BCUT2D eigenvalue weighted by molar-refractivity contribution is 5.94. The van der Waals surface area contributed by atoms with Crippen LogP contribution in [0.1, 0.15) is 30.3 Å². The van der Waals surface area contributed by atoms with E-state index in [4.69, 9.17) is 4.74 Å². The van der Waals surface area contributed by atoms with Crippen LogP contribution in [0.25, 0.3) is 5.69 Å². The Morgan fingerprint density at radius 3 is 2.61 bits per heavy atom. The molecule has 1 aromatic carbocycles. The van der Waals surface area contributed by atoms with Crippen molar-refractivity contribution >= 4 is 17.8 Å². The van der Waals surface area contributed by atoms with E-state index in [0.29, 0.717) is 31.7 Å². The molecule has 164 valence electrons. The quantitative estimate of drug-likeness (QED) is 0.641. The van der Waals surface area contributed by atoms with Gasteiger partial charge in [0.05, 0.1) is 24.8 Å². The molecule has 2 amide bonds. The van der Waals surface area contributed by atoms with Crippen molar-refractivity contribution in [3.05, 3.63) is 58.5 Å². The Balaban J connectivity index is 1.67. The van der Waals surface area contributed by atoms with Gasteiger partial charge in [-0.1, -0.05) is 18.2 Å². The Morgan fingerprint density at radius 1 is 1.16 bits per heavy atom. The van der Waals surface area contributed by atoms with Gasteiger partial charge in [-0.05, 0) is 38.0 Å². The minimum Gasteiger partial charge on any atom is -0.466 e. The molecule has 0 bridgehead atoms. The molecule has 9 heteroatoms. The third-order valence-electron chi connectivity index (χ3n) is 5.13. The number of benzene rings is 1. The Kier molecular flexibility index (Phi) is 7.17. The van der Waals surface area contributed by atoms with E-state index in [-0.39, 0.29) is 42.1 Å². The van der Waals surface area contributed by atoms with Crippen molar-refractivity contribution in [1.29, 1.82) is 0 Å². The van der Waals surface area contributed by atoms with Gasteiger partial charge in [-0.25, -0.2) is 0 Å². The summed E-state index contributed by atoms with van der Waals surface area (Å²) in [4.78, 5) is 52.5. The molecular formula is C22H26N4O5. The third-order valence-corrected chi connectivity index (χ3v) is 5.13. The number of rotatable bonds is 6. The molecule has 1 aliphatic rings. The highest BCUT2D eigenvalue weighted by Crippen LogP contribution is 2.18. The van der Waals surface area contributed by atoms with Gasteiger partial charge < -0.3 is 14.5 Å². The molecule has 1 saturated heterocycles. The zero-order valence-corrected chi connectivity index (χ0v) is 17.7. The van der Waals surface area contributed by atoms with Gasteiger partial charge in [0.15, 0.2) is 0 Å². The molecule has 0 saturated carbocycles. The zero-order valence-electron chi connectivity index (χ0n) is 17.7. The predicted molar refractivity (Wildman–Crippen MR) is 113 cm³/mol. The van der Waals surface area contributed by atoms with E-state index < -0.39 is 5.91 Å². The summed E-state index contributed by atoms with van der Waals surface area (Å²) >= 11 is 0. The SMILES string of the molecule is CCOC(=O)C1CCCN(C(=O)CN(C)C(=O)c2ccc(=O)n(-c3ccccc3)n2)C1. The molecule has 1 atom stereocenters. The number of nitrogens with zero attached hydrogens (tertiary/aromatic N) is 4. The first kappa shape index (κ1) is 22.2. The van der Waals surface area contributed by atoms with E-state index in [9.17, 15) is 19.2 Å². The van der Waals surface area contributed by atoms with Crippen molar-refractivity contribution in [3.8, 4) is 5.69 Å². The minimum atomic E-state index is -0.475. The lowest BCUT2D eigenvalue weighted by Crippen LogP contribution is -2.47. The Labute approximate surface area is 180 Å². The second-order valence-electron chi connectivity index (χ2n) is 7.40. The van der Waals surface area contributed by atoms with E-state index in [1.54, 1.807) is 36.1 Å². The number of hydrogen-bond donors (Lipinski definition) is 0. The number of likely N-dealkylation sites (tertiary alicyclic amines) is 1. The van der Waals surface area contributed by atoms with Gasteiger partial charge >= 0.3 is 5.97 Å². The van der Waals surface area contributed by atoms with E-state index in [1.165, 1.54) is 24.1 Å². The standard InChI is InChI=1S/C22H26N4O5/c1-3-31-22(30)16-8-7-13-25(14-16)20(28)15-24(2)21(29)18-11-12-19(27)26(23-18)17-9-5-4-6-10-17/h4-6,9-12,16H,3,7-8,13-15H2,1-2H3. The molecule has 1 aromatic heterocycles. The third kappa shape index (κ3) is 5.36. The maximum atomic E-state index is 12.8. The number of carbonyl (C=O) groups is 3.